The van der Waals surface area contributed by atoms with Crippen molar-refractivity contribution in [3.05, 3.63) is 35.4 Å². The highest BCUT2D eigenvalue weighted by Crippen LogP contribution is 2.07. The van der Waals surface area contributed by atoms with Crippen LogP contribution in [0.3, 0.4) is 0 Å². The van der Waals surface area contributed by atoms with Gasteiger partial charge in [0.2, 0.25) is 0 Å². The van der Waals surface area contributed by atoms with Crippen LogP contribution < -0.4 is 11.1 Å². The summed E-state index contributed by atoms with van der Waals surface area (Å²) in [7, 11) is 0. The molecule has 0 heterocycles. The molecule has 0 aliphatic carbocycles. The number of carbonyl (C=O) groups excluding carboxylic acids is 1. The molecule has 4 N–H and O–H groups in total. The summed E-state index contributed by atoms with van der Waals surface area (Å²) >= 11 is 0. The van der Waals surface area contributed by atoms with Crippen LogP contribution in [0.2, 0.25) is 0 Å². The molecule has 0 radical (unpaired) electrons. The quantitative estimate of drug-likeness (QED) is 0.715. The van der Waals surface area contributed by atoms with Crippen LogP contribution in [0.4, 0.5) is 0 Å². The topological polar surface area (TPSA) is 92.4 Å². The Morgan fingerprint density at radius 1 is 1.26 bits per heavy atom. The minimum atomic E-state index is -1.02. The molecule has 0 aliphatic rings. The summed E-state index contributed by atoms with van der Waals surface area (Å²) in [5.41, 5.74) is 6.95. The van der Waals surface area contributed by atoms with E-state index in [1.54, 1.807) is 26.0 Å². The summed E-state index contributed by atoms with van der Waals surface area (Å²) in [6, 6.07) is 6.13. The zero-order chi connectivity index (χ0) is 14.4. The van der Waals surface area contributed by atoms with Crippen molar-refractivity contribution in [3.8, 4) is 0 Å². The lowest BCUT2D eigenvalue weighted by Gasteiger charge is -2.17. The van der Waals surface area contributed by atoms with Crippen molar-refractivity contribution in [2.24, 2.45) is 11.7 Å². The number of amides is 1. The number of hydrogen-bond acceptors (Lipinski definition) is 3. The maximum absolute atomic E-state index is 11.9. The lowest BCUT2D eigenvalue weighted by molar-refractivity contribution is -0.140. The molecule has 0 saturated carbocycles. The molecule has 19 heavy (non-hydrogen) atoms. The standard InChI is InChI=1S/C14H20N2O3/c1-9(2)12(14(18)19)16-13(17)11-5-3-10(4-6-11)7-8-15/h3-6,9,12H,7-8,15H2,1-2H3,(H,16,17)(H,18,19). The highest BCUT2D eigenvalue weighted by molar-refractivity contribution is 5.96. The molecule has 0 spiro atoms. The molecule has 5 nitrogen and oxygen atoms in total. The largest absolute Gasteiger partial charge is 0.480 e. The number of carbonyl (C=O) groups is 2. The molecule has 1 amide bonds. The highest BCUT2D eigenvalue weighted by atomic mass is 16.4. The maximum Gasteiger partial charge on any atom is 0.326 e. The van der Waals surface area contributed by atoms with E-state index in [1.165, 1.54) is 0 Å². The molecule has 1 unspecified atom stereocenters. The Hall–Kier alpha value is -1.88. The first-order valence-electron chi connectivity index (χ1n) is 6.28. The Bertz CT molecular complexity index is 441. The number of hydrogen-bond donors (Lipinski definition) is 3. The lowest BCUT2D eigenvalue weighted by atomic mass is 10.0. The Labute approximate surface area is 112 Å². The lowest BCUT2D eigenvalue weighted by Crippen LogP contribution is -2.44. The zero-order valence-corrected chi connectivity index (χ0v) is 11.2. The predicted octanol–water partition coefficient (Wildman–Crippen LogP) is 1.03. The van der Waals surface area contributed by atoms with Gasteiger partial charge in [-0.05, 0) is 36.6 Å². The molecular weight excluding hydrogens is 244 g/mol. The van der Waals surface area contributed by atoms with Gasteiger partial charge >= 0.3 is 5.97 Å². The van der Waals surface area contributed by atoms with Crippen LogP contribution in [0, 0.1) is 5.92 Å². The smallest absolute Gasteiger partial charge is 0.326 e. The van der Waals surface area contributed by atoms with Gasteiger partial charge in [0.05, 0.1) is 0 Å². The van der Waals surface area contributed by atoms with Gasteiger partial charge in [-0.25, -0.2) is 4.79 Å². The molecule has 0 saturated heterocycles. The number of benzene rings is 1. The summed E-state index contributed by atoms with van der Waals surface area (Å²) in [6.07, 6.45) is 0.756. The number of rotatable bonds is 6. The first-order chi connectivity index (χ1) is 8.95. The van der Waals surface area contributed by atoms with Crippen molar-refractivity contribution in [1.29, 1.82) is 0 Å². The summed E-state index contributed by atoms with van der Waals surface area (Å²) in [5, 5.41) is 11.5. The average Bonchev–Trinajstić information content (AvgIpc) is 2.36. The molecule has 1 aromatic carbocycles. The van der Waals surface area contributed by atoms with Crippen LogP contribution in [0.1, 0.15) is 29.8 Å². The van der Waals surface area contributed by atoms with Gasteiger partial charge in [0, 0.05) is 5.56 Å². The molecule has 1 atom stereocenters. The molecule has 5 heteroatoms. The van der Waals surface area contributed by atoms with Gasteiger partial charge in [-0.1, -0.05) is 26.0 Å². The first-order valence-corrected chi connectivity index (χ1v) is 6.28. The van der Waals surface area contributed by atoms with E-state index in [1.807, 2.05) is 12.1 Å². The average molecular weight is 264 g/mol. The van der Waals surface area contributed by atoms with Crippen molar-refractivity contribution >= 4 is 11.9 Å². The van der Waals surface area contributed by atoms with Crippen molar-refractivity contribution in [3.63, 3.8) is 0 Å². The van der Waals surface area contributed by atoms with Crippen LogP contribution in [0.25, 0.3) is 0 Å². The Morgan fingerprint density at radius 3 is 2.26 bits per heavy atom. The van der Waals surface area contributed by atoms with E-state index in [-0.39, 0.29) is 11.8 Å². The van der Waals surface area contributed by atoms with Gasteiger partial charge in [-0.15, -0.1) is 0 Å². The van der Waals surface area contributed by atoms with Gasteiger partial charge in [0.15, 0.2) is 0 Å². The minimum Gasteiger partial charge on any atom is -0.480 e. The molecule has 0 aromatic heterocycles. The summed E-state index contributed by atoms with van der Waals surface area (Å²) in [6.45, 7) is 4.06. The monoisotopic (exact) mass is 264 g/mol. The first kappa shape index (κ1) is 15.2. The number of carboxylic acid groups (broad SMARTS) is 1. The highest BCUT2D eigenvalue weighted by Gasteiger charge is 2.23. The fraction of sp³-hybridized carbons (Fsp3) is 0.429. The molecule has 104 valence electrons. The molecule has 1 aromatic rings. The second-order valence-corrected chi connectivity index (χ2v) is 4.77. The van der Waals surface area contributed by atoms with E-state index < -0.39 is 12.0 Å². The SMILES string of the molecule is CC(C)C(NC(=O)c1ccc(CCN)cc1)C(=O)O. The fourth-order valence-electron chi connectivity index (χ4n) is 1.73. The van der Waals surface area contributed by atoms with Crippen LogP contribution in [0.5, 0.6) is 0 Å². The van der Waals surface area contributed by atoms with Gasteiger partial charge in [0.1, 0.15) is 6.04 Å². The van der Waals surface area contributed by atoms with E-state index in [2.05, 4.69) is 5.32 Å². The van der Waals surface area contributed by atoms with E-state index in [0.29, 0.717) is 12.1 Å². The number of nitrogens with two attached hydrogens (primary N) is 1. The van der Waals surface area contributed by atoms with Gasteiger partial charge < -0.3 is 16.2 Å². The molecule has 0 fully saturated rings. The third-order valence-corrected chi connectivity index (χ3v) is 2.87. The van der Waals surface area contributed by atoms with E-state index in [4.69, 9.17) is 10.8 Å². The predicted molar refractivity (Wildman–Crippen MR) is 72.9 cm³/mol. The van der Waals surface area contributed by atoms with Crippen LogP contribution in [0.15, 0.2) is 24.3 Å². The van der Waals surface area contributed by atoms with Gasteiger partial charge in [-0.2, -0.15) is 0 Å². The molecule has 0 bridgehead atoms. The van der Waals surface area contributed by atoms with E-state index in [9.17, 15) is 9.59 Å². The van der Waals surface area contributed by atoms with Gasteiger partial charge in [0.25, 0.3) is 5.91 Å². The van der Waals surface area contributed by atoms with Crippen molar-refractivity contribution in [1.82, 2.24) is 5.32 Å². The van der Waals surface area contributed by atoms with E-state index in [0.717, 1.165) is 12.0 Å². The second kappa shape index (κ2) is 6.89. The third-order valence-electron chi connectivity index (χ3n) is 2.87. The van der Waals surface area contributed by atoms with E-state index >= 15 is 0 Å². The second-order valence-electron chi connectivity index (χ2n) is 4.77. The summed E-state index contributed by atoms with van der Waals surface area (Å²) in [4.78, 5) is 23.0. The number of nitrogens with one attached hydrogen (secondary N) is 1. The van der Waals surface area contributed by atoms with Crippen LogP contribution in [-0.4, -0.2) is 29.6 Å². The van der Waals surface area contributed by atoms with Crippen molar-refractivity contribution in [2.45, 2.75) is 26.3 Å². The Kier molecular flexibility index (Phi) is 5.51. The Morgan fingerprint density at radius 2 is 1.84 bits per heavy atom. The van der Waals surface area contributed by atoms with Crippen LogP contribution in [-0.2, 0) is 11.2 Å². The molecule has 1 rings (SSSR count). The normalized spacial score (nSPS) is 12.2. The van der Waals surface area contributed by atoms with Crippen LogP contribution >= 0.6 is 0 Å². The molecule has 0 aliphatic heterocycles. The minimum absolute atomic E-state index is 0.169. The van der Waals surface area contributed by atoms with Gasteiger partial charge in [-0.3, -0.25) is 4.79 Å². The third kappa shape index (κ3) is 4.37. The maximum atomic E-state index is 11.9. The number of aliphatic carboxylic acids is 1. The summed E-state index contributed by atoms with van der Waals surface area (Å²) < 4.78 is 0. The van der Waals surface area contributed by atoms with Crippen molar-refractivity contribution < 1.29 is 14.7 Å². The molecular formula is C14H20N2O3. The zero-order valence-electron chi connectivity index (χ0n) is 11.2. The number of carboxylic acids is 1. The fourth-order valence-corrected chi connectivity index (χ4v) is 1.73. The Balaban J connectivity index is 2.74. The summed E-state index contributed by atoms with van der Waals surface area (Å²) in [5.74, 6) is -1.57. The van der Waals surface area contributed by atoms with Crippen molar-refractivity contribution in [2.75, 3.05) is 6.54 Å².